The largest absolute Gasteiger partial charge is 0.364 e. The molecule has 0 aliphatic carbocycles. The smallest absolute Gasteiger partial charge is 0.153 e. The van der Waals surface area contributed by atoms with Crippen molar-refractivity contribution in [3.63, 3.8) is 0 Å². The minimum Gasteiger partial charge on any atom is -0.364 e. The lowest BCUT2D eigenvalue weighted by Gasteiger charge is -2.12. The van der Waals surface area contributed by atoms with Crippen LogP contribution in [0.2, 0.25) is 0 Å². The maximum absolute atomic E-state index is 13.4. The minimum absolute atomic E-state index is 0.0997. The Kier molecular flexibility index (Phi) is 1.42. The van der Waals surface area contributed by atoms with Gasteiger partial charge in [-0.15, -0.1) is 0 Å². The molecule has 0 saturated carbocycles. The summed E-state index contributed by atoms with van der Waals surface area (Å²) in [5, 5.41) is 3.42. The number of aromatic nitrogens is 1. The summed E-state index contributed by atoms with van der Waals surface area (Å²) < 4.78 is 24.8. The van der Waals surface area contributed by atoms with Crippen LogP contribution in [0.15, 0.2) is 16.8 Å². The monoisotopic (exact) mass is 144 g/mol. The van der Waals surface area contributed by atoms with E-state index in [1.54, 1.807) is 6.92 Å². The van der Waals surface area contributed by atoms with Gasteiger partial charge in [-0.05, 0) is 13.3 Å². The Morgan fingerprint density at radius 2 is 2.70 bits per heavy atom. The van der Waals surface area contributed by atoms with Crippen LogP contribution >= 0.6 is 0 Å². The molecule has 0 bridgehead atoms. The van der Waals surface area contributed by atoms with Crippen molar-refractivity contribution in [3.05, 3.63) is 18.0 Å². The molecule has 0 aliphatic rings. The topological polar surface area (TPSA) is 26.0 Å². The molecular formula is C7H10FNO. The second-order valence-electron chi connectivity index (χ2n) is 2.38. The third kappa shape index (κ3) is 1.17. The molecule has 10 heavy (non-hydrogen) atoms. The van der Waals surface area contributed by atoms with Gasteiger partial charge >= 0.3 is 0 Å². The summed E-state index contributed by atoms with van der Waals surface area (Å²) in [6.45, 7) is 3.14. The van der Waals surface area contributed by atoms with Crippen LogP contribution in [0.25, 0.3) is 0 Å². The highest BCUT2D eigenvalue weighted by molar-refractivity contribution is 5.06. The van der Waals surface area contributed by atoms with E-state index in [0.717, 1.165) is 0 Å². The molecule has 1 aromatic rings. The number of alkyl halides is 1. The molecule has 0 N–H and O–H groups in total. The van der Waals surface area contributed by atoms with Gasteiger partial charge in [0.25, 0.3) is 0 Å². The lowest BCUT2D eigenvalue weighted by Crippen LogP contribution is -2.13. The Bertz CT molecular complexity index is 246. The highest BCUT2D eigenvalue weighted by Crippen LogP contribution is 2.26. The van der Waals surface area contributed by atoms with E-state index in [1.165, 1.54) is 13.0 Å². The van der Waals surface area contributed by atoms with E-state index in [-0.39, 0.29) is 11.9 Å². The predicted octanol–water partition coefficient (Wildman–Crippen LogP) is 2.27. The van der Waals surface area contributed by atoms with E-state index in [2.05, 4.69) is 9.68 Å². The van der Waals surface area contributed by atoms with Gasteiger partial charge in [-0.3, -0.25) is 0 Å². The zero-order valence-corrected chi connectivity index (χ0v) is 6.02. The van der Waals surface area contributed by atoms with E-state index >= 15 is 0 Å². The van der Waals surface area contributed by atoms with Crippen molar-refractivity contribution in [1.29, 1.82) is 0 Å². The fraction of sp³-hybridized carbons (Fsp3) is 0.571. The zero-order chi connectivity index (χ0) is 8.48. The van der Waals surface area contributed by atoms with Gasteiger partial charge in [0.1, 0.15) is 13.3 Å². The summed E-state index contributed by atoms with van der Waals surface area (Å²) in [5.74, 6) is 0. The molecule has 0 saturated heterocycles. The van der Waals surface area contributed by atoms with Crippen LogP contribution in [0.4, 0.5) is 4.39 Å². The van der Waals surface area contributed by atoms with Gasteiger partial charge in [-0.1, -0.05) is 12.1 Å². The lowest BCUT2D eigenvalue weighted by atomic mass is 10.0. The van der Waals surface area contributed by atoms with E-state index in [1.807, 2.05) is 0 Å². The van der Waals surface area contributed by atoms with Crippen LogP contribution in [0.5, 0.6) is 0 Å². The molecule has 1 heterocycles. The van der Waals surface area contributed by atoms with Crippen molar-refractivity contribution < 1.29 is 10.3 Å². The summed E-state index contributed by atoms with van der Waals surface area (Å²) in [6, 6.07) is 1.30. The highest BCUT2D eigenvalue weighted by atomic mass is 19.1. The first kappa shape index (κ1) is 5.89. The molecular weight excluding hydrogens is 133 g/mol. The van der Waals surface area contributed by atoms with E-state index in [0.29, 0.717) is 6.42 Å². The number of nitrogens with zero attached hydrogens (tertiary/aromatic N) is 1. The second kappa shape index (κ2) is 2.40. The lowest BCUT2D eigenvalue weighted by molar-refractivity contribution is 0.171. The molecule has 0 aliphatic heterocycles. The second-order valence-corrected chi connectivity index (χ2v) is 2.38. The van der Waals surface area contributed by atoms with Gasteiger partial charge in [0.2, 0.25) is 0 Å². The van der Waals surface area contributed by atoms with Crippen molar-refractivity contribution in [2.24, 2.45) is 0 Å². The summed E-state index contributed by atoms with van der Waals surface area (Å²) in [5.41, 5.74) is -1.27. The van der Waals surface area contributed by atoms with E-state index in [4.69, 9.17) is 1.37 Å². The maximum atomic E-state index is 13.4. The zero-order valence-electron chi connectivity index (χ0n) is 7.02. The Morgan fingerprint density at radius 1 is 2.00 bits per heavy atom. The molecule has 1 atom stereocenters. The number of hydrogen-bond donors (Lipinski definition) is 0. The normalized spacial score (nSPS) is 18.1. The van der Waals surface area contributed by atoms with Gasteiger partial charge in [0.05, 0.1) is 0 Å². The first-order chi connectivity index (χ1) is 5.06. The van der Waals surface area contributed by atoms with Gasteiger partial charge in [-0.2, -0.15) is 0 Å². The number of rotatable bonds is 2. The maximum Gasteiger partial charge on any atom is 0.153 e. The van der Waals surface area contributed by atoms with Gasteiger partial charge in [0.15, 0.2) is 5.67 Å². The molecule has 1 unspecified atom stereocenters. The van der Waals surface area contributed by atoms with E-state index < -0.39 is 5.67 Å². The average molecular weight is 144 g/mol. The summed E-state index contributed by atoms with van der Waals surface area (Å²) >= 11 is 0. The Morgan fingerprint density at radius 3 is 3.10 bits per heavy atom. The molecule has 0 spiro atoms. The fourth-order valence-corrected chi connectivity index (χ4v) is 0.611. The SMILES string of the molecule is [2H]c1cc(C(C)(F)CC)no1. The first-order valence-corrected chi connectivity index (χ1v) is 3.19. The molecule has 0 amide bonds. The third-order valence-corrected chi connectivity index (χ3v) is 1.59. The number of hydrogen-bond acceptors (Lipinski definition) is 2. The highest BCUT2D eigenvalue weighted by Gasteiger charge is 2.25. The van der Waals surface area contributed by atoms with Crippen LogP contribution in [0, 0.1) is 0 Å². The van der Waals surface area contributed by atoms with Gasteiger partial charge in [0, 0.05) is 6.07 Å². The van der Waals surface area contributed by atoms with E-state index in [9.17, 15) is 4.39 Å². The van der Waals surface area contributed by atoms with Crippen molar-refractivity contribution in [2.45, 2.75) is 25.9 Å². The summed E-state index contributed by atoms with van der Waals surface area (Å²) in [6.07, 6.45) is 0.233. The summed E-state index contributed by atoms with van der Waals surface area (Å²) in [7, 11) is 0. The van der Waals surface area contributed by atoms with Crippen LogP contribution in [0.1, 0.15) is 27.3 Å². The van der Waals surface area contributed by atoms with Gasteiger partial charge in [-0.25, -0.2) is 4.39 Å². The van der Waals surface area contributed by atoms with Gasteiger partial charge < -0.3 is 4.52 Å². The third-order valence-electron chi connectivity index (χ3n) is 1.59. The quantitative estimate of drug-likeness (QED) is 0.636. The van der Waals surface area contributed by atoms with Crippen molar-refractivity contribution >= 4 is 0 Å². The Balaban J connectivity index is 2.92. The molecule has 3 heteroatoms. The average Bonchev–Trinajstić information content (AvgIpc) is 2.36. The predicted molar refractivity (Wildman–Crippen MR) is 35.3 cm³/mol. The Labute approximate surface area is 60.4 Å². The molecule has 56 valence electrons. The first-order valence-electron chi connectivity index (χ1n) is 3.69. The molecule has 2 nitrogen and oxygen atoms in total. The number of halogens is 1. The fourth-order valence-electron chi connectivity index (χ4n) is 0.611. The van der Waals surface area contributed by atoms with Crippen LogP contribution < -0.4 is 0 Å². The molecule has 0 aromatic carbocycles. The van der Waals surface area contributed by atoms with Crippen molar-refractivity contribution in [3.8, 4) is 0 Å². The Hall–Kier alpha value is -0.860. The minimum atomic E-state index is -1.47. The molecule has 0 radical (unpaired) electrons. The molecule has 1 rings (SSSR count). The van der Waals surface area contributed by atoms with Crippen LogP contribution in [-0.2, 0) is 5.67 Å². The van der Waals surface area contributed by atoms with Crippen molar-refractivity contribution in [1.82, 2.24) is 5.16 Å². The van der Waals surface area contributed by atoms with Crippen LogP contribution in [0.3, 0.4) is 0 Å². The van der Waals surface area contributed by atoms with Crippen molar-refractivity contribution in [2.75, 3.05) is 0 Å². The molecule has 1 aromatic heterocycles. The molecule has 0 fully saturated rings. The summed E-state index contributed by atoms with van der Waals surface area (Å²) in [4.78, 5) is 0. The standard InChI is InChI=1S/C7H10FNO/c1-3-7(2,8)6-4-5-10-9-6/h4-5H,3H2,1-2H3/i5D. The van der Waals surface area contributed by atoms with Crippen LogP contribution in [-0.4, -0.2) is 5.16 Å².